The lowest BCUT2D eigenvalue weighted by molar-refractivity contribution is -0.118. The zero-order valence-electron chi connectivity index (χ0n) is 16.5. The van der Waals surface area contributed by atoms with Crippen LogP contribution in [0.2, 0.25) is 0 Å². The van der Waals surface area contributed by atoms with Gasteiger partial charge in [-0.25, -0.2) is 4.98 Å². The molecule has 0 atom stereocenters. The second kappa shape index (κ2) is 8.79. The molecular weight excluding hydrogens is 392 g/mol. The van der Waals surface area contributed by atoms with Crippen LogP contribution in [0, 0.1) is 13.8 Å². The Kier molecular flexibility index (Phi) is 6.41. The summed E-state index contributed by atoms with van der Waals surface area (Å²) in [4.78, 5) is 35.6. The first-order chi connectivity index (χ1) is 13.3. The summed E-state index contributed by atoms with van der Waals surface area (Å²) < 4.78 is 0. The first-order valence-electron chi connectivity index (χ1n) is 8.94. The van der Waals surface area contributed by atoms with Crippen molar-refractivity contribution >= 4 is 44.9 Å². The van der Waals surface area contributed by atoms with Crippen molar-refractivity contribution in [2.24, 2.45) is 0 Å². The number of aromatic amines is 1. The zero-order chi connectivity index (χ0) is 20.3. The van der Waals surface area contributed by atoms with Crippen molar-refractivity contribution in [2.45, 2.75) is 26.1 Å². The standard InChI is InChI=1S/C20H24N4O2S2/c1-12-13(2)28-20-18(12)19(26)22-16(23-20)10-27-11-17(25)21-9-14-5-7-15(8-6-14)24(3)4/h5-8H,9-11H2,1-4H3,(H,21,25)(H,22,23,26). The van der Waals surface area contributed by atoms with Gasteiger partial charge in [-0.15, -0.1) is 23.1 Å². The van der Waals surface area contributed by atoms with E-state index < -0.39 is 0 Å². The average Bonchev–Trinajstić information content (AvgIpc) is 2.94. The molecule has 148 valence electrons. The quantitative estimate of drug-likeness (QED) is 0.618. The van der Waals surface area contributed by atoms with E-state index >= 15 is 0 Å². The van der Waals surface area contributed by atoms with E-state index in [1.165, 1.54) is 23.1 Å². The lowest BCUT2D eigenvalue weighted by Crippen LogP contribution is -2.24. The predicted molar refractivity (Wildman–Crippen MR) is 118 cm³/mol. The maximum atomic E-state index is 12.3. The second-order valence-electron chi connectivity index (χ2n) is 6.81. The Bertz CT molecular complexity index is 1040. The van der Waals surface area contributed by atoms with Gasteiger partial charge in [0.2, 0.25) is 5.91 Å². The molecule has 0 aliphatic heterocycles. The van der Waals surface area contributed by atoms with Crippen molar-refractivity contribution in [2.75, 3.05) is 24.7 Å². The number of anilines is 1. The van der Waals surface area contributed by atoms with E-state index in [9.17, 15) is 9.59 Å². The number of fused-ring (bicyclic) bond motifs is 1. The summed E-state index contributed by atoms with van der Waals surface area (Å²) >= 11 is 2.97. The number of nitrogens with one attached hydrogen (secondary N) is 2. The molecule has 1 amide bonds. The molecule has 8 heteroatoms. The molecule has 2 N–H and O–H groups in total. The molecule has 0 saturated heterocycles. The van der Waals surface area contributed by atoms with Crippen molar-refractivity contribution < 1.29 is 4.79 Å². The molecule has 2 aromatic heterocycles. The summed E-state index contributed by atoms with van der Waals surface area (Å²) in [6.45, 7) is 4.44. The van der Waals surface area contributed by atoms with Gasteiger partial charge < -0.3 is 15.2 Å². The molecule has 0 aliphatic carbocycles. The van der Waals surface area contributed by atoms with Crippen molar-refractivity contribution in [1.29, 1.82) is 0 Å². The average molecular weight is 417 g/mol. The summed E-state index contributed by atoms with van der Waals surface area (Å²) in [5.41, 5.74) is 3.07. The van der Waals surface area contributed by atoms with Gasteiger partial charge in [0.25, 0.3) is 5.56 Å². The molecule has 2 heterocycles. The van der Waals surface area contributed by atoms with Gasteiger partial charge in [0.1, 0.15) is 10.7 Å². The minimum Gasteiger partial charge on any atom is -0.378 e. The van der Waals surface area contributed by atoms with Crippen LogP contribution in [0.1, 0.15) is 21.8 Å². The van der Waals surface area contributed by atoms with E-state index in [0.717, 1.165) is 26.5 Å². The van der Waals surface area contributed by atoms with Crippen LogP contribution in [0.5, 0.6) is 0 Å². The Morgan fingerprint density at radius 1 is 1.25 bits per heavy atom. The SMILES string of the molecule is Cc1sc2nc(CSCC(=O)NCc3ccc(N(C)C)cc3)[nH]c(=O)c2c1C. The number of nitrogens with zero attached hydrogens (tertiary/aromatic N) is 2. The largest absolute Gasteiger partial charge is 0.378 e. The maximum absolute atomic E-state index is 12.3. The third kappa shape index (κ3) is 4.74. The molecule has 3 aromatic rings. The maximum Gasteiger partial charge on any atom is 0.259 e. The third-order valence-corrected chi connectivity index (χ3v) is 6.55. The van der Waals surface area contributed by atoms with E-state index in [-0.39, 0.29) is 11.5 Å². The lowest BCUT2D eigenvalue weighted by Gasteiger charge is -2.12. The number of hydrogen-bond donors (Lipinski definition) is 2. The van der Waals surface area contributed by atoms with Gasteiger partial charge in [-0.3, -0.25) is 9.59 Å². The van der Waals surface area contributed by atoms with Crippen LogP contribution in [-0.4, -0.2) is 35.7 Å². The van der Waals surface area contributed by atoms with E-state index in [1.807, 2.05) is 57.1 Å². The van der Waals surface area contributed by atoms with Gasteiger partial charge in [-0.2, -0.15) is 0 Å². The Morgan fingerprint density at radius 3 is 2.64 bits per heavy atom. The molecule has 0 spiro atoms. The molecule has 3 rings (SSSR count). The molecule has 0 bridgehead atoms. The number of thioether (sulfide) groups is 1. The Hall–Kier alpha value is -2.32. The molecule has 0 unspecified atom stereocenters. The number of thiophene rings is 1. The lowest BCUT2D eigenvalue weighted by atomic mass is 10.2. The van der Waals surface area contributed by atoms with Gasteiger partial charge in [-0.1, -0.05) is 12.1 Å². The highest BCUT2D eigenvalue weighted by Gasteiger charge is 2.12. The third-order valence-electron chi connectivity index (χ3n) is 4.50. The number of amides is 1. The van der Waals surface area contributed by atoms with Gasteiger partial charge >= 0.3 is 0 Å². The number of carbonyl (C=O) groups excluding carboxylic acids is 1. The van der Waals surface area contributed by atoms with E-state index in [2.05, 4.69) is 15.3 Å². The van der Waals surface area contributed by atoms with E-state index in [4.69, 9.17) is 0 Å². The summed E-state index contributed by atoms with van der Waals surface area (Å²) in [6, 6.07) is 8.08. The molecule has 1 aromatic carbocycles. The number of carbonyl (C=O) groups is 1. The van der Waals surface area contributed by atoms with E-state index in [1.54, 1.807) is 0 Å². The van der Waals surface area contributed by atoms with E-state index in [0.29, 0.717) is 29.3 Å². The van der Waals surface area contributed by atoms with Crippen LogP contribution in [0.4, 0.5) is 5.69 Å². The Morgan fingerprint density at radius 2 is 1.96 bits per heavy atom. The normalized spacial score (nSPS) is 11.0. The molecule has 6 nitrogen and oxygen atoms in total. The number of rotatable bonds is 7. The summed E-state index contributed by atoms with van der Waals surface area (Å²) in [5, 5.41) is 3.60. The fourth-order valence-electron chi connectivity index (χ4n) is 2.77. The number of hydrogen-bond acceptors (Lipinski definition) is 6. The number of H-pyrrole nitrogens is 1. The van der Waals surface area contributed by atoms with Crippen LogP contribution in [0.25, 0.3) is 10.2 Å². The predicted octanol–water partition coefficient (Wildman–Crippen LogP) is 3.22. The smallest absolute Gasteiger partial charge is 0.259 e. The molecular formula is C20H24N4O2S2. The monoisotopic (exact) mass is 416 g/mol. The van der Waals surface area contributed by atoms with Crippen LogP contribution in [0.3, 0.4) is 0 Å². The molecule has 0 fully saturated rings. The minimum atomic E-state index is -0.104. The van der Waals surface area contributed by atoms with Crippen LogP contribution in [-0.2, 0) is 17.1 Å². The number of aryl methyl sites for hydroxylation is 2. The topological polar surface area (TPSA) is 78.1 Å². The highest BCUT2D eigenvalue weighted by Crippen LogP contribution is 2.26. The summed E-state index contributed by atoms with van der Waals surface area (Å²) in [7, 11) is 3.99. The van der Waals surface area contributed by atoms with Crippen molar-refractivity contribution in [3.63, 3.8) is 0 Å². The van der Waals surface area contributed by atoms with Crippen molar-refractivity contribution in [1.82, 2.24) is 15.3 Å². The number of benzene rings is 1. The molecule has 0 radical (unpaired) electrons. The molecule has 28 heavy (non-hydrogen) atoms. The van der Waals surface area contributed by atoms with Crippen LogP contribution in [0.15, 0.2) is 29.1 Å². The van der Waals surface area contributed by atoms with Crippen molar-refractivity contribution in [3.8, 4) is 0 Å². The van der Waals surface area contributed by atoms with Gasteiger partial charge in [0, 0.05) is 31.2 Å². The zero-order valence-corrected chi connectivity index (χ0v) is 18.1. The minimum absolute atomic E-state index is 0.0343. The Labute approximate surface area is 172 Å². The fraction of sp³-hybridized carbons (Fsp3) is 0.350. The van der Waals surface area contributed by atoms with Gasteiger partial charge in [0.15, 0.2) is 0 Å². The first kappa shape index (κ1) is 20.4. The van der Waals surface area contributed by atoms with Gasteiger partial charge in [0.05, 0.1) is 16.9 Å². The first-order valence-corrected chi connectivity index (χ1v) is 10.9. The van der Waals surface area contributed by atoms with Gasteiger partial charge in [-0.05, 0) is 37.1 Å². The Balaban J connectivity index is 1.50. The van der Waals surface area contributed by atoms with Crippen molar-refractivity contribution in [3.05, 3.63) is 56.4 Å². The highest BCUT2D eigenvalue weighted by molar-refractivity contribution is 7.99. The van der Waals surface area contributed by atoms with Crippen LogP contribution < -0.4 is 15.8 Å². The van der Waals surface area contributed by atoms with Crippen LogP contribution >= 0.6 is 23.1 Å². The molecule has 0 aliphatic rings. The fourth-order valence-corrected chi connectivity index (χ4v) is 4.54. The second-order valence-corrected chi connectivity index (χ2v) is 9.00. The highest BCUT2D eigenvalue weighted by atomic mass is 32.2. The number of aromatic nitrogens is 2. The summed E-state index contributed by atoms with van der Waals surface area (Å²) in [6.07, 6.45) is 0. The summed E-state index contributed by atoms with van der Waals surface area (Å²) in [5.74, 6) is 1.38. The molecule has 0 saturated carbocycles.